The standard InChI is InChI=1S/C17H18Cl2N2O3S/c1-3-16(17(22)20-14-8-4-12(18)5-9-14)21(25(2,23)24)15-10-6-13(19)7-11-15/h4-11,16H,3H2,1-2H3,(H,20,22)/t16-/m1/s1. The van der Waals surface area contributed by atoms with Crippen molar-refractivity contribution < 1.29 is 13.2 Å². The molecular formula is C17H18Cl2N2O3S. The molecule has 0 saturated carbocycles. The molecule has 1 N–H and O–H groups in total. The first-order valence-corrected chi connectivity index (χ1v) is 10.1. The Hall–Kier alpha value is -1.76. The number of rotatable bonds is 6. The van der Waals surface area contributed by atoms with E-state index in [1.165, 1.54) is 0 Å². The van der Waals surface area contributed by atoms with Crippen molar-refractivity contribution in [2.24, 2.45) is 0 Å². The third kappa shape index (κ3) is 5.11. The molecule has 0 aliphatic heterocycles. The largest absolute Gasteiger partial charge is 0.324 e. The number of hydrogen-bond donors (Lipinski definition) is 1. The van der Waals surface area contributed by atoms with Crippen molar-refractivity contribution >= 4 is 50.5 Å². The molecule has 5 nitrogen and oxygen atoms in total. The first-order chi connectivity index (χ1) is 11.7. The first kappa shape index (κ1) is 19.6. The number of sulfonamides is 1. The Morgan fingerprint density at radius 1 is 1.04 bits per heavy atom. The molecule has 0 aromatic heterocycles. The minimum absolute atomic E-state index is 0.301. The van der Waals surface area contributed by atoms with Gasteiger partial charge in [0, 0.05) is 15.7 Å². The molecule has 25 heavy (non-hydrogen) atoms. The Morgan fingerprint density at radius 3 is 1.96 bits per heavy atom. The molecule has 2 rings (SSSR count). The van der Waals surface area contributed by atoms with E-state index in [2.05, 4.69) is 5.32 Å². The number of anilines is 2. The normalized spacial score (nSPS) is 12.5. The van der Waals surface area contributed by atoms with Gasteiger partial charge in [0.2, 0.25) is 15.9 Å². The predicted octanol–water partition coefficient (Wildman–Crippen LogP) is 4.18. The molecule has 0 aliphatic rings. The van der Waals surface area contributed by atoms with E-state index < -0.39 is 22.0 Å². The van der Waals surface area contributed by atoms with Crippen LogP contribution >= 0.6 is 23.2 Å². The van der Waals surface area contributed by atoms with Gasteiger partial charge in [-0.2, -0.15) is 0 Å². The maximum atomic E-state index is 12.7. The lowest BCUT2D eigenvalue weighted by atomic mass is 10.2. The Balaban J connectivity index is 2.34. The number of benzene rings is 2. The molecule has 0 heterocycles. The minimum Gasteiger partial charge on any atom is -0.324 e. The van der Waals surface area contributed by atoms with E-state index in [-0.39, 0.29) is 0 Å². The average Bonchev–Trinajstić information content (AvgIpc) is 2.54. The van der Waals surface area contributed by atoms with Crippen LogP contribution in [0.4, 0.5) is 11.4 Å². The van der Waals surface area contributed by atoms with Gasteiger partial charge >= 0.3 is 0 Å². The number of nitrogens with zero attached hydrogens (tertiary/aromatic N) is 1. The quantitative estimate of drug-likeness (QED) is 0.790. The van der Waals surface area contributed by atoms with Gasteiger partial charge in [0.1, 0.15) is 6.04 Å². The van der Waals surface area contributed by atoms with Crippen LogP contribution in [-0.2, 0) is 14.8 Å². The Kier molecular flexibility index (Phi) is 6.32. The summed E-state index contributed by atoms with van der Waals surface area (Å²) >= 11 is 11.7. The van der Waals surface area contributed by atoms with Crippen LogP contribution in [0.3, 0.4) is 0 Å². The lowest BCUT2D eigenvalue weighted by Crippen LogP contribution is -2.46. The van der Waals surface area contributed by atoms with E-state index >= 15 is 0 Å². The second kappa shape index (κ2) is 8.08. The van der Waals surface area contributed by atoms with E-state index in [1.807, 2.05) is 0 Å². The maximum Gasteiger partial charge on any atom is 0.248 e. The third-order valence-corrected chi connectivity index (χ3v) is 5.21. The third-order valence-electron chi connectivity index (χ3n) is 3.52. The molecule has 0 radical (unpaired) electrons. The van der Waals surface area contributed by atoms with Crippen molar-refractivity contribution in [1.82, 2.24) is 0 Å². The number of nitrogens with one attached hydrogen (secondary N) is 1. The summed E-state index contributed by atoms with van der Waals surface area (Å²) < 4.78 is 25.7. The van der Waals surface area contributed by atoms with Gasteiger partial charge in [-0.25, -0.2) is 8.42 Å². The SMILES string of the molecule is CC[C@H](C(=O)Nc1ccc(Cl)cc1)N(c1ccc(Cl)cc1)S(C)(=O)=O. The second-order valence-corrected chi connectivity index (χ2v) is 8.19. The zero-order valence-corrected chi connectivity index (χ0v) is 16.1. The van der Waals surface area contributed by atoms with E-state index in [0.717, 1.165) is 10.6 Å². The summed E-state index contributed by atoms with van der Waals surface area (Å²) in [7, 11) is -3.68. The minimum atomic E-state index is -3.68. The van der Waals surface area contributed by atoms with E-state index in [1.54, 1.807) is 55.5 Å². The molecule has 0 fully saturated rings. The summed E-state index contributed by atoms with van der Waals surface area (Å²) in [4.78, 5) is 12.7. The summed E-state index contributed by atoms with van der Waals surface area (Å²) in [6.07, 6.45) is 1.37. The van der Waals surface area contributed by atoms with E-state index in [4.69, 9.17) is 23.2 Å². The Morgan fingerprint density at radius 2 is 1.52 bits per heavy atom. The molecule has 0 bridgehead atoms. The van der Waals surface area contributed by atoms with Gasteiger partial charge in [0.05, 0.1) is 11.9 Å². The van der Waals surface area contributed by atoms with Gasteiger partial charge in [0.25, 0.3) is 0 Å². The highest BCUT2D eigenvalue weighted by Crippen LogP contribution is 2.25. The zero-order valence-electron chi connectivity index (χ0n) is 13.7. The monoisotopic (exact) mass is 400 g/mol. The van der Waals surface area contributed by atoms with Crippen LogP contribution in [0, 0.1) is 0 Å². The van der Waals surface area contributed by atoms with Crippen molar-refractivity contribution in [2.45, 2.75) is 19.4 Å². The van der Waals surface area contributed by atoms with Crippen LogP contribution in [0.2, 0.25) is 10.0 Å². The number of carbonyl (C=O) groups excluding carboxylic acids is 1. The summed E-state index contributed by atoms with van der Waals surface area (Å²) in [6, 6.07) is 12.0. The number of carbonyl (C=O) groups is 1. The van der Waals surface area contributed by atoms with Crippen LogP contribution in [0.25, 0.3) is 0 Å². The van der Waals surface area contributed by atoms with Gasteiger partial charge in [-0.1, -0.05) is 30.1 Å². The lowest BCUT2D eigenvalue weighted by Gasteiger charge is -2.30. The molecule has 134 valence electrons. The molecule has 0 spiro atoms. The molecular weight excluding hydrogens is 383 g/mol. The van der Waals surface area contributed by atoms with Crippen molar-refractivity contribution in [3.05, 3.63) is 58.6 Å². The van der Waals surface area contributed by atoms with E-state index in [9.17, 15) is 13.2 Å². The molecule has 0 aliphatic carbocycles. The van der Waals surface area contributed by atoms with Gasteiger partial charge in [-0.15, -0.1) is 0 Å². The molecule has 2 aromatic rings. The predicted molar refractivity (Wildman–Crippen MR) is 103 cm³/mol. The molecule has 2 aromatic carbocycles. The fraction of sp³-hybridized carbons (Fsp3) is 0.235. The van der Waals surface area contributed by atoms with Crippen LogP contribution in [-0.4, -0.2) is 26.6 Å². The maximum absolute atomic E-state index is 12.7. The van der Waals surface area contributed by atoms with Crippen LogP contribution in [0.1, 0.15) is 13.3 Å². The number of halogens is 2. The van der Waals surface area contributed by atoms with Crippen molar-refractivity contribution in [1.29, 1.82) is 0 Å². The fourth-order valence-electron chi connectivity index (χ4n) is 2.41. The molecule has 8 heteroatoms. The van der Waals surface area contributed by atoms with Crippen LogP contribution in [0.5, 0.6) is 0 Å². The van der Waals surface area contributed by atoms with Crippen LogP contribution < -0.4 is 9.62 Å². The number of amides is 1. The first-order valence-electron chi connectivity index (χ1n) is 7.53. The smallest absolute Gasteiger partial charge is 0.248 e. The molecule has 1 amide bonds. The van der Waals surface area contributed by atoms with Crippen molar-refractivity contribution in [2.75, 3.05) is 15.9 Å². The van der Waals surface area contributed by atoms with Gasteiger partial charge in [0.15, 0.2) is 0 Å². The highest BCUT2D eigenvalue weighted by molar-refractivity contribution is 7.92. The highest BCUT2D eigenvalue weighted by atomic mass is 35.5. The van der Waals surface area contributed by atoms with Crippen molar-refractivity contribution in [3.63, 3.8) is 0 Å². The topological polar surface area (TPSA) is 66.5 Å². The second-order valence-electron chi connectivity index (χ2n) is 5.46. The van der Waals surface area contributed by atoms with E-state index in [0.29, 0.717) is 27.8 Å². The van der Waals surface area contributed by atoms with Crippen LogP contribution in [0.15, 0.2) is 48.5 Å². The van der Waals surface area contributed by atoms with Gasteiger partial charge in [-0.3, -0.25) is 9.10 Å². The summed E-state index contributed by atoms with van der Waals surface area (Å²) in [5.74, 6) is -0.426. The Bertz CT molecular complexity index is 837. The van der Waals surface area contributed by atoms with Crippen molar-refractivity contribution in [3.8, 4) is 0 Å². The highest BCUT2D eigenvalue weighted by Gasteiger charge is 2.31. The van der Waals surface area contributed by atoms with Gasteiger partial charge in [-0.05, 0) is 55.0 Å². The average molecular weight is 401 g/mol. The fourth-order valence-corrected chi connectivity index (χ4v) is 3.87. The number of hydrogen-bond acceptors (Lipinski definition) is 3. The lowest BCUT2D eigenvalue weighted by molar-refractivity contribution is -0.117. The summed E-state index contributed by atoms with van der Waals surface area (Å²) in [6.45, 7) is 1.75. The molecule has 0 unspecified atom stereocenters. The summed E-state index contributed by atoms with van der Waals surface area (Å²) in [5, 5.41) is 3.75. The zero-order chi connectivity index (χ0) is 18.6. The Labute approximate surface area is 157 Å². The molecule has 0 saturated heterocycles. The summed E-state index contributed by atoms with van der Waals surface area (Å²) in [5.41, 5.74) is 0.919. The molecule has 1 atom stereocenters. The van der Waals surface area contributed by atoms with Gasteiger partial charge < -0.3 is 5.32 Å².